The number of anilines is 2. The number of ether oxygens (including phenoxy) is 1. The zero-order valence-corrected chi connectivity index (χ0v) is 10.9. The molecule has 0 aliphatic carbocycles. The van der Waals surface area contributed by atoms with Gasteiger partial charge in [-0.15, -0.1) is 0 Å². The SMILES string of the molecule is COc1ccc(C(=O)Nc2ccc(Cl)nc2)cc1N. The number of methoxy groups -OCH3 is 1. The number of nitrogens with zero attached hydrogens (tertiary/aromatic N) is 1. The molecule has 0 bridgehead atoms. The van der Waals surface area contributed by atoms with E-state index in [0.717, 1.165) is 0 Å². The second-order valence-corrected chi connectivity index (χ2v) is 4.17. The minimum atomic E-state index is -0.279. The van der Waals surface area contributed by atoms with Gasteiger partial charge < -0.3 is 15.8 Å². The molecule has 6 heteroatoms. The Morgan fingerprint density at radius 1 is 1.37 bits per heavy atom. The third-order valence-corrected chi connectivity index (χ3v) is 2.70. The molecule has 2 rings (SSSR count). The fraction of sp³-hybridized carbons (Fsp3) is 0.0769. The summed E-state index contributed by atoms with van der Waals surface area (Å²) < 4.78 is 5.03. The Kier molecular flexibility index (Phi) is 3.87. The van der Waals surface area contributed by atoms with Crippen molar-refractivity contribution in [1.82, 2.24) is 4.98 Å². The van der Waals surface area contributed by atoms with E-state index >= 15 is 0 Å². The van der Waals surface area contributed by atoms with Crippen molar-refractivity contribution in [3.8, 4) is 5.75 Å². The monoisotopic (exact) mass is 277 g/mol. The van der Waals surface area contributed by atoms with Crippen LogP contribution in [-0.4, -0.2) is 18.0 Å². The molecule has 0 saturated carbocycles. The van der Waals surface area contributed by atoms with Crippen molar-refractivity contribution in [3.63, 3.8) is 0 Å². The van der Waals surface area contributed by atoms with E-state index in [-0.39, 0.29) is 5.91 Å². The molecule has 0 aliphatic rings. The molecule has 98 valence electrons. The molecule has 5 nitrogen and oxygen atoms in total. The Balaban J connectivity index is 2.16. The number of halogens is 1. The summed E-state index contributed by atoms with van der Waals surface area (Å²) in [6.07, 6.45) is 1.48. The van der Waals surface area contributed by atoms with Crippen molar-refractivity contribution >= 4 is 28.9 Å². The number of nitrogens with one attached hydrogen (secondary N) is 1. The van der Waals surface area contributed by atoms with Crippen LogP contribution in [0.5, 0.6) is 5.75 Å². The van der Waals surface area contributed by atoms with Crippen molar-refractivity contribution in [1.29, 1.82) is 0 Å². The largest absolute Gasteiger partial charge is 0.495 e. The molecular weight excluding hydrogens is 266 g/mol. The van der Waals surface area contributed by atoms with Gasteiger partial charge in [-0.2, -0.15) is 0 Å². The zero-order chi connectivity index (χ0) is 13.8. The number of rotatable bonds is 3. The maximum atomic E-state index is 12.0. The van der Waals surface area contributed by atoms with Gasteiger partial charge in [0.05, 0.1) is 24.7 Å². The van der Waals surface area contributed by atoms with Crippen molar-refractivity contribution in [2.24, 2.45) is 0 Å². The van der Waals surface area contributed by atoms with Gasteiger partial charge in [0, 0.05) is 5.56 Å². The van der Waals surface area contributed by atoms with Crippen molar-refractivity contribution in [3.05, 3.63) is 47.2 Å². The molecule has 1 heterocycles. The molecule has 19 heavy (non-hydrogen) atoms. The number of nitrogen functional groups attached to an aromatic ring is 1. The lowest BCUT2D eigenvalue weighted by atomic mass is 10.1. The van der Waals surface area contributed by atoms with E-state index in [1.807, 2.05) is 0 Å². The highest BCUT2D eigenvalue weighted by molar-refractivity contribution is 6.29. The van der Waals surface area contributed by atoms with Crippen LogP contribution in [0.1, 0.15) is 10.4 Å². The summed E-state index contributed by atoms with van der Waals surface area (Å²) in [5, 5.41) is 3.06. The van der Waals surface area contributed by atoms with Gasteiger partial charge in [0.15, 0.2) is 0 Å². The first-order valence-electron chi connectivity index (χ1n) is 5.46. The lowest BCUT2D eigenvalue weighted by Crippen LogP contribution is -2.12. The summed E-state index contributed by atoms with van der Waals surface area (Å²) >= 11 is 5.67. The average Bonchev–Trinajstić information content (AvgIpc) is 2.41. The van der Waals surface area contributed by atoms with Crippen LogP contribution in [-0.2, 0) is 0 Å². The van der Waals surface area contributed by atoms with E-state index in [2.05, 4.69) is 10.3 Å². The molecule has 0 fully saturated rings. The normalized spacial score (nSPS) is 10.0. The van der Waals surface area contributed by atoms with Crippen molar-refractivity contribution < 1.29 is 9.53 Å². The molecule has 0 saturated heterocycles. The van der Waals surface area contributed by atoms with E-state index in [1.54, 1.807) is 30.3 Å². The molecular formula is C13H12ClN3O2. The summed E-state index contributed by atoms with van der Waals surface area (Å²) in [5.41, 5.74) is 7.15. The Morgan fingerprint density at radius 2 is 2.16 bits per heavy atom. The topological polar surface area (TPSA) is 77.2 Å². The van der Waals surface area contributed by atoms with E-state index in [1.165, 1.54) is 13.3 Å². The van der Waals surface area contributed by atoms with Gasteiger partial charge in [-0.1, -0.05) is 11.6 Å². The van der Waals surface area contributed by atoms with Gasteiger partial charge in [-0.05, 0) is 30.3 Å². The number of carbonyl (C=O) groups excluding carboxylic acids is 1. The van der Waals surface area contributed by atoms with Gasteiger partial charge in [0.2, 0.25) is 0 Å². The quantitative estimate of drug-likeness (QED) is 0.668. The lowest BCUT2D eigenvalue weighted by molar-refractivity contribution is 0.102. The van der Waals surface area contributed by atoms with Crippen molar-refractivity contribution in [2.45, 2.75) is 0 Å². The first-order chi connectivity index (χ1) is 9.10. The zero-order valence-electron chi connectivity index (χ0n) is 10.2. The van der Waals surface area contributed by atoms with Crippen molar-refractivity contribution in [2.75, 3.05) is 18.2 Å². The molecule has 0 spiro atoms. The van der Waals surface area contributed by atoms with E-state index < -0.39 is 0 Å². The Morgan fingerprint density at radius 3 is 2.74 bits per heavy atom. The molecule has 3 N–H and O–H groups in total. The number of carbonyl (C=O) groups is 1. The fourth-order valence-electron chi connectivity index (χ4n) is 1.53. The summed E-state index contributed by atoms with van der Waals surface area (Å²) in [6, 6.07) is 8.09. The molecule has 0 unspecified atom stereocenters. The molecule has 2 aromatic rings. The van der Waals surface area contributed by atoms with Crippen LogP contribution in [0.2, 0.25) is 5.15 Å². The summed E-state index contributed by atoms with van der Waals surface area (Å²) in [6.45, 7) is 0. The summed E-state index contributed by atoms with van der Waals surface area (Å²) in [5.74, 6) is 0.253. The van der Waals surface area contributed by atoms with Crippen LogP contribution in [0, 0.1) is 0 Å². The molecule has 1 amide bonds. The Labute approximate surface area is 115 Å². The minimum absolute atomic E-state index is 0.279. The first kappa shape index (κ1) is 13.2. The van der Waals surface area contributed by atoms with Crippen LogP contribution < -0.4 is 15.8 Å². The highest BCUT2D eigenvalue weighted by Crippen LogP contribution is 2.22. The average molecular weight is 278 g/mol. The predicted molar refractivity (Wildman–Crippen MR) is 74.6 cm³/mol. The van der Waals surface area contributed by atoms with Crippen LogP contribution in [0.15, 0.2) is 36.5 Å². The lowest BCUT2D eigenvalue weighted by Gasteiger charge is -2.08. The standard InChI is InChI=1S/C13H12ClN3O2/c1-19-11-4-2-8(6-10(11)15)13(18)17-9-3-5-12(14)16-7-9/h2-7H,15H2,1H3,(H,17,18). The van der Waals surface area contributed by atoms with Gasteiger partial charge in [0.25, 0.3) is 5.91 Å². The van der Waals surface area contributed by atoms with E-state index in [9.17, 15) is 4.79 Å². The van der Waals surface area contributed by atoms with Crippen LogP contribution in [0.4, 0.5) is 11.4 Å². The molecule has 1 aromatic carbocycles. The number of aromatic nitrogens is 1. The number of nitrogens with two attached hydrogens (primary N) is 1. The van der Waals surface area contributed by atoms with Crippen LogP contribution in [0.25, 0.3) is 0 Å². The smallest absolute Gasteiger partial charge is 0.255 e. The molecule has 0 aliphatic heterocycles. The highest BCUT2D eigenvalue weighted by atomic mass is 35.5. The van der Waals surface area contributed by atoms with Gasteiger partial charge >= 0.3 is 0 Å². The third-order valence-electron chi connectivity index (χ3n) is 2.48. The minimum Gasteiger partial charge on any atom is -0.495 e. The number of benzene rings is 1. The number of hydrogen-bond donors (Lipinski definition) is 2. The van der Waals surface area contributed by atoms with E-state index in [0.29, 0.717) is 27.8 Å². The van der Waals surface area contributed by atoms with Gasteiger partial charge in [0.1, 0.15) is 10.9 Å². The third kappa shape index (κ3) is 3.14. The highest BCUT2D eigenvalue weighted by Gasteiger charge is 2.09. The van der Waals surface area contributed by atoms with Gasteiger partial charge in [-0.3, -0.25) is 4.79 Å². The maximum absolute atomic E-state index is 12.0. The maximum Gasteiger partial charge on any atom is 0.255 e. The second kappa shape index (κ2) is 5.58. The fourth-order valence-corrected chi connectivity index (χ4v) is 1.64. The first-order valence-corrected chi connectivity index (χ1v) is 5.84. The number of hydrogen-bond acceptors (Lipinski definition) is 4. The Bertz CT molecular complexity index is 599. The molecule has 0 atom stereocenters. The molecule has 1 aromatic heterocycles. The summed E-state index contributed by atoms with van der Waals surface area (Å²) in [4.78, 5) is 15.9. The van der Waals surface area contributed by atoms with Crippen LogP contribution in [0.3, 0.4) is 0 Å². The van der Waals surface area contributed by atoms with Crippen LogP contribution >= 0.6 is 11.6 Å². The number of pyridine rings is 1. The summed E-state index contributed by atoms with van der Waals surface area (Å²) in [7, 11) is 1.52. The van der Waals surface area contributed by atoms with E-state index in [4.69, 9.17) is 22.1 Å². The predicted octanol–water partition coefficient (Wildman–Crippen LogP) is 2.58. The number of amides is 1. The Hall–Kier alpha value is -2.27. The van der Waals surface area contributed by atoms with Gasteiger partial charge in [-0.25, -0.2) is 4.98 Å². The molecule has 0 radical (unpaired) electrons. The second-order valence-electron chi connectivity index (χ2n) is 3.78.